The number of amides is 1. The van der Waals surface area contributed by atoms with Gasteiger partial charge in [-0.2, -0.15) is 0 Å². The molecular weight excluding hydrogens is 242 g/mol. The van der Waals surface area contributed by atoms with Crippen LogP contribution in [0.25, 0.3) is 0 Å². The van der Waals surface area contributed by atoms with Crippen LogP contribution >= 0.6 is 11.6 Å². The van der Waals surface area contributed by atoms with Gasteiger partial charge >= 0.3 is 0 Å². The number of nitrogens with one attached hydrogen (secondary N) is 1. The number of hydrogen-bond acceptors (Lipinski definition) is 3. The summed E-state index contributed by atoms with van der Waals surface area (Å²) in [6, 6.07) is 7.72. The van der Waals surface area contributed by atoms with Crippen LogP contribution in [0.3, 0.4) is 0 Å². The second-order valence-electron chi connectivity index (χ2n) is 3.53. The molecule has 0 bridgehead atoms. The molecule has 0 radical (unpaired) electrons. The zero-order valence-corrected chi connectivity index (χ0v) is 9.78. The fourth-order valence-corrected chi connectivity index (χ4v) is 1.51. The minimum atomic E-state index is -0.361. The molecule has 0 saturated carbocycles. The maximum atomic E-state index is 11.7. The first-order chi connectivity index (χ1) is 8.06. The van der Waals surface area contributed by atoms with Crippen molar-refractivity contribution in [3.63, 3.8) is 0 Å². The highest BCUT2D eigenvalue weighted by atomic mass is 35.5. The number of carbonyl (C=O) groups is 1. The van der Waals surface area contributed by atoms with Crippen LogP contribution in [-0.4, -0.2) is 11.0 Å². The number of phenols is 1. The fraction of sp³-hybridized carbons (Fsp3) is 0.0833. The van der Waals surface area contributed by atoms with Crippen molar-refractivity contribution in [1.29, 1.82) is 0 Å². The third-order valence-corrected chi connectivity index (χ3v) is 2.47. The molecule has 17 heavy (non-hydrogen) atoms. The van der Waals surface area contributed by atoms with Crippen molar-refractivity contribution < 1.29 is 14.3 Å². The number of phenolic OH excluding ortho intramolecular Hbond substituents is 1. The first-order valence-electron chi connectivity index (χ1n) is 4.92. The second-order valence-corrected chi connectivity index (χ2v) is 3.94. The Labute approximate surface area is 103 Å². The van der Waals surface area contributed by atoms with Crippen LogP contribution in [0.15, 0.2) is 34.7 Å². The smallest absolute Gasteiger partial charge is 0.291 e. The molecule has 0 aliphatic rings. The maximum absolute atomic E-state index is 11.7. The van der Waals surface area contributed by atoms with Crippen molar-refractivity contribution in [3.05, 3.63) is 46.9 Å². The van der Waals surface area contributed by atoms with Crippen molar-refractivity contribution >= 4 is 23.2 Å². The molecule has 1 amide bonds. The lowest BCUT2D eigenvalue weighted by Crippen LogP contribution is -2.10. The topological polar surface area (TPSA) is 62.5 Å². The fourth-order valence-electron chi connectivity index (χ4n) is 1.33. The third kappa shape index (κ3) is 2.60. The van der Waals surface area contributed by atoms with E-state index < -0.39 is 0 Å². The summed E-state index contributed by atoms with van der Waals surface area (Å²) in [7, 11) is 0. The van der Waals surface area contributed by atoms with Gasteiger partial charge in [-0.1, -0.05) is 11.6 Å². The van der Waals surface area contributed by atoms with Gasteiger partial charge in [0.25, 0.3) is 5.91 Å². The number of aryl methyl sites for hydroxylation is 1. The van der Waals surface area contributed by atoms with E-state index in [1.807, 2.05) is 0 Å². The highest BCUT2D eigenvalue weighted by Crippen LogP contribution is 2.26. The lowest BCUT2D eigenvalue weighted by molar-refractivity contribution is 0.0995. The summed E-state index contributed by atoms with van der Waals surface area (Å²) in [5.74, 6) is 0.504. The molecule has 1 heterocycles. The predicted octanol–water partition coefficient (Wildman–Crippen LogP) is 3.20. The van der Waals surface area contributed by atoms with E-state index in [1.54, 1.807) is 25.1 Å². The van der Waals surface area contributed by atoms with E-state index in [2.05, 4.69) is 5.32 Å². The van der Waals surface area contributed by atoms with E-state index in [4.69, 9.17) is 16.0 Å². The van der Waals surface area contributed by atoms with Gasteiger partial charge in [0.15, 0.2) is 5.76 Å². The van der Waals surface area contributed by atoms with Crippen LogP contribution in [0.2, 0.25) is 5.02 Å². The number of rotatable bonds is 2. The SMILES string of the molecule is Cc1ccc(C(=O)Nc2ccc(O)c(Cl)c2)o1. The molecule has 0 fully saturated rings. The second kappa shape index (κ2) is 4.51. The number of anilines is 1. The van der Waals surface area contributed by atoms with E-state index >= 15 is 0 Å². The number of carbonyl (C=O) groups excluding carboxylic acids is 1. The zero-order chi connectivity index (χ0) is 12.4. The monoisotopic (exact) mass is 251 g/mol. The minimum absolute atomic E-state index is 0.0292. The van der Waals surface area contributed by atoms with Crippen molar-refractivity contribution in [2.75, 3.05) is 5.32 Å². The molecule has 88 valence electrons. The first kappa shape index (κ1) is 11.5. The molecule has 1 aromatic carbocycles. The Hall–Kier alpha value is -1.94. The normalized spacial score (nSPS) is 10.2. The van der Waals surface area contributed by atoms with Crippen LogP contribution in [0, 0.1) is 6.92 Å². The molecule has 0 unspecified atom stereocenters. The average molecular weight is 252 g/mol. The molecule has 5 heteroatoms. The molecule has 0 saturated heterocycles. The van der Waals surface area contributed by atoms with Crippen molar-refractivity contribution in [2.24, 2.45) is 0 Å². The summed E-state index contributed by atoms with van der Waals surface area (Å²) in [6.45, 7) is 1.76. The number of hydrogen-bond donors (Lipinski definition) is 2. The molecule has 2 aromatic rings. The van der Waals surface area contributed by atoms with Gasteiger partial charge < -0.3 is 14.8 Å². The van der Waals surface area contributed by atoms with E-state index in [1.165, 1.54) is 12.1 Å². The summed E-state index contributed by atoms with van der Waals surface area (Å²) in [4.78, 5) is 11.7. The van der Waals surface area contributed by atoms with Gasteiger partial charge in [0.05, 0.1) is 5.02 Å². The van der Waals surface area contributed by atoms with Crippen LogP contribution in [0.1, 0.15) is 16.3 Å². The molecule has 4 nitrogen and oxygen atoms in total. The van der Waals surface area contributed by atoms with Crippen LogP contribution in [0.4, 0.5) is 5.69 Å². The van der Waals surface area contributed by atoms with Crippen LogP contribution in [-0.2, 0) is 0 Å². The Kier molecular flexibility index (Phi) is 3.06. The number of benzene rings is 1. The Morgan fingerprint density at radius 1 is 1.35 bits per heavy atom. The molecule has 0 spiro atoms. The Balaban J connectivity index is 2.15. The lowest BCUT2D eigenvalue weighted by Gasteiger charge is -2.04. The summed E-state index contributed by atoms with van der Waals surface area (Å²) in [6.07, 6.45) is 0. The van der Waals surface area contributed by atoms with E-state index in [0.29, 0.717) is 11.4 Å². The molecule has 0 aliphatic heterocycles. The summed E-state index contributed by atoms with van der Waals surface area (Å²) >= 11 is 5.72. The molecule has 1 aromatic heterocycles. The highest BCUT2D eigenvalue weighted by molar-refractivity contribution is 6.32. The van der Waals surface area contributed by atoms with Crippen LogP contribution < -0.4 is 5.32 Å². The van der Waals surface area contributed by atoms with Gasteiger partial charge in [-0.15, -0.1) is 0 Å². The lowest BCUT2D eigenvalue weighted by atomic mass is 10.3. The predicted molar refractivity (Wildman–Crippen MR) is 64.5 cm³/mol. The Bertz CT molecular complexity index is 563. The summed E-state index contributed by atoms with van der Waals surface area (Å²) in [5.41, 5.74) is 0.492. The highest BCUT2D eigenvalue weighted by Gasteiger charge is 2.10. The van der Waals surface area contributed by atoms with Gasteiger partial charge in [-0.05, 0) is 37.3 Å². The van der Waals surface area contributed by atoms with Crippen molar-refractivity contribution in [1.82, 2.24) is 0 Å². The quantitative estimate of drug-likeness (QED) is 0.806. The standard InChI is InChI=1S/C12H10ClNO3/c1-7-2-5-11(17-7)12(16)14-8-3-4-10(15)9(13)6-8/h2-6,15H,1H3,(H,14,16). The molecule has 0 aliphatic carbocycles. The van der Waals surface area contributed by atoms with Gasteiger partial charge in [-0.3, -0.25) is 4.79 Å². The maximum Gasteiger partial charge on any atom is 0.291 e. The van der Waals surface area contributed by atoms with Gasteiger partial charge in [0, 0.05) is 5.69 Å². The van der Waals surface area contributed by atoms with Crippen LogP contribution in [0.5, 0.6) is 5.75 Å². The Morgan fingerprint density at radius 3 is 2.71 bits per heavy atom. The number of furan rings is 1. The summed E-state index contributed by atoms with van der Waals surface area (Å²) in [5, 5.41) is 12.0. The molecular formula is C12H10ClNO3. The van der Waals surface area contributed by atoms with Gasteiger partial charge in [0.1, 0.15) is 11.5 Å². The largest absolute Gasteiger partial charge is 0.506 e. The third-order valence-electron chi connectivity index (χ3n) is 2.17. The molecule has 2 N–H and O–H groups in total. The van der Waals surface area contributed by atoms with E-state index in [0.717, 1.165) is 0 Å². The van der Waals surface area contributed by atoms with E-state index in [-0.39, 0.29) is 22.4 Å². The van der Waals surface area contributed by atoms with Gasteiger partial charge in [-0.25, -0.2) is 0 Å². The van der Waals surface area contributed by atoms with Gasteiger partial charge in [0.2, 0.25) is 0 Å². The minimum Gasteiger partial charge on any atom is -0.506 e. The number of halogens is 1. The first-order valence-corrected chi connectivity index (χ1v) is 5.30. The molecule has 0 atom stereocenters. The zero-order valence-electron chi connectivity index (χ0n) is 9.03. The Morgan fingerprint density at radius 2 is 2.12 bits per heavy atom. The summed E-state index contributed by atoms with van der Waals surface area (Å²) < 4.78 is 5.18. The van der Waals surface area contributed by atoms with Crippen molar-refractivity contribution in [2.45, 2.75) is 6.92 Å². The number of aromatic hydroxyl groups is 1. The molecule has 2 rings (SSSR count). The van der Waals surface area contributed by atoms with E-state index in [9.17, 15) is 9.90 Å². The average Bonchev–Trinajstić information content (AvgIpc) is 2.70. The van der Waals surface area contributed by atoms with Crippen molar-refractivity contribution in [3.8, 4) is 5.75 Å².